The normalized spacial score (nSPS) is 17.3. The van der Waals surface area contributed by atoms with Crippen LogP contribution < -0.4 is 0 Å². The Kier molecular flexibility index (Phi) is 2.79. The van der Waals surface area contributed by atoms with E-state index in [0.29, 0.717) is 17.7 Å². The van der Waals surface area contributed by atoms with Gasteiger partial charge in [-0.3, -0.25) is 9.78 Å². The Hall–Kier alpha value is -1.26. The molecule has 0 bridgehead atoms. The van der Waals surface area contributed by atoms with Gasteiger partial charge in [0.1, 0.15) is 11.8 Å². The fourth-order valence-electron chi connectivity index (χ4n) is 1.97. The number of rotatable bonds is 2. The molecule has 1 aromatic rings. The number of ketones is 1. The standard InChI is InChI=1S/C11H13NO3/c13-6-10(15)7-4-5-12-11-8(7)2-1-3-9(11)14/h4-5,10,13,15H,1-3,6H2/t10-/m0/s1. The van der Waals surface area contributed by atoms with Crippen LogP contribution in [-0.2, 0) is 6.42 Å². The van der Waals surface area contributed by atoms with Crippen LogP contribution in [0.15, 0.2) is 12.3 Å². The Morgan fingerprint density at radius 2 is 2.27 bits per heavy atom. The van der Waals surface area contributed by atoms with Crippen LogP contribution in [-0.4, -0.2) is 27.6 Å². The average Bonchev–Trinajstić information content (AvgIpc) is 2.28. The second-order valence-electron chi connectivity index (χ2n) is 3.70. The van der Waals surface area contributed by atoms with Crippen LogP contribution in [0.1, 0.15) is 40.6 Å². The van der Waals surface area contributed by atoms with Crippen molar-refractivity contribution in [3.05, 3.63) is 29.1 Å². The minimum absolute atomic E-state index is 0.0308. The molecule has 2 rings (SSSR count). The topological polar surface area (TPSA) is 70.4 Å². The molecule has 80 valence electrons. The van der Waals surface area contributed by atoms with E-state index < -0.39 is 6.10 Å². The molecule has 1 aromatic heterocycles. The van der Waals surface area contributed by atoms with E-state index in [-0.39, 0.29) is 12.4 Å². The van der Waals surface area contributed by atoms with E-state index in [1.807, 2.05) is 0 Å². The van der Waals surface area contributed by atoms with Crippen LogP contribution in [0.4, 0.5) is 0 Å². The highest BCUT2D eigenvalue weighted by molar-refractivity contribution is 5.96. The molecule has 1 atom stereocenters. The molecule has 1 aliphatic rings. The van der Waals surface area contributed by atoms with Crippen molar-refractivity contribution in [1.29, 1.82) is 0 Å². The lowest BCUT2D eigenvalue weighted by Crippen LogP contribution is -2.17. The van der Waals surface area contributed by atoms with Crippen molar-refractivity contribution < 1.29 is 15.0 Å². The van der Waals surface area contributed by atoms with Gasteiger partial charge in [0.15, 0.2) is 5.78 Å². The van der Waals surface area contributed by atoms with Gasteiger partial charge in [-0.15, -0.1) is 0 Å². The lowest BCUT2D eigenvalue weighted by Gasteiger charge is -2.19. The highest BCUT2D eigenvalue weighted by atomic mass is 16.3. The smallest absolute Gasteiger partial charge is 0.181 e. The first-order chi connectivity index (χ1) is 7.24. The molecule has 0 amide bonds. The van der Waals surface area contributed by atoms with E-state index in [1.54, 1.807) is 6.07 Å². The largest absolute Gasteiger partial charge is 0.393 e. The summed E-state index contributed by atoms with van der Waals surface area (Å²) in [6, 6.07) is 1.66. The third-order valence-corrected chi connectivity index (χ3v) is 2.72. The predicted octanol–water partition coefficient (Wildman–Crippen LogP) is 0.626. The molecule has 1 aliphatic carbocycles. The van der Waals surface area contributed by atoms with E-state index >= 15 is 0 Å². The summed E-state index contributed by atoms with van der Waals surface area (Å²) in [5.74, 6) is 0.0308. The molecule has 2 N–H and O–H groups in total. The number of hydrogen-bond donors (Lipinski definition) is 2. The van der Waals surface area contributed by atoms with E-state index in [1.165, 1.54) is 6.20 Å². The zero-order chi connectivity index (χ0) is 10.8. The van der Waals surface area contributed by atoms with Crippen LogP contribution in [0.5, 0.6) is 0 Å². The maximum atomic E-state index is 11.5. The Bertz CT molecular complexity index is 389. The molecule has 0 saturated carbocycles. The van der Waals surface area contributed by atoms with Crippen LogP contribution in [0, 0.1) is 0 Å². The van der Waals surface area contributed by atoms with Gasteiger partial charge in [0.2, 0.25) is 0 Å². The third-order valence-electron chi connectivity index (χ3n) is 2.72. The Morgan fingerprint density at radius 3 is 3.00 bits per heavy atom. The number of carbonyl (C=O) groups excluding carboxylic acids is 1. The SMILES string of the molecule is O=C1CCCc2c([C@@H](O)CO)ccnc21. The molecule has 4 nitrogen and oxygen atoms in total. The number of aliphatic hydroxyl groups excluding tert-OH is 2. The second-order valence-corrected chi connectivity index (χ2v) is 3.70. The van der Waals surface area contributed by atoms with E-state index in [0.717, 1.165) is 18.4 Å². The maximum Gasteiger partial charge on any atom is 0.181 e. The molecule has 0 saturated heterocycles. The number of hydrogen-bond acceptors (Lipinski definition) is 4. The first-order valence-electron chi connectivity index (χ1n) is 5.04. The van der Waals surface area contributed by atoms with Crippen molar-refractivity contribution in [3.63, 3.8) is 0 Å². The number of fused-ring (bicyclic) bond motifs is 1. The zero-order valence-corrected chi connectivity index (χ0v) is 8.31. The summed E-state index contributed by atoms with van der Waals surface area (Å²) < 4.78 is 0. The van der Waals surface area contributed by atoms with Crippen molar-refractivity contribution in [3.8, 4) is 0 Å². The van der Waals surface area contributed by atoms with E-state index in [9.17, 15) is 9.90 Å². The van der Waals surface area contributed by atoms with Gasteiger partial charge in [-0.1, -0.05) is 0 Å². The lowest BCUT2D eigenvalue weighted by molar-refractivity contribution is 0.0924. The minimum Gasteiger partial charge on any atom is -0.393 e. The fraction of sp³-hybridized carbons (Fsp3) is 0.455. The summed E-state index contributed by atoms with van der Waals surface area (Å²) in [6.45, 7) is -0.329. The summed E-state index contributed by atoms with van der Waals surface area (Å²) in [7, 11) is 0. The van der Waals surface area contributed by atoms with Gasteiger partial charge in [-0.05, 0) is 30.0 Å². The molecular weight excluding hydrogens is 194 g/mol. The average molecular weight is 207 g/mol. The number of pyridine rings is 1. The summed E-state index contributed by atoms with van der Waals surface area (Å²) in [5, 5.41) is 18.5. The van der Waals surface area contributed by atoms with E-state index in [4.69, 9.17) is 5.11 Å². The number of aliphatic hydroxyl groups is 2. The molecule has 0 fully saturated rings. The van der Waals surface area contributed by atoms with Gasteiger partial charge in [-0.2, -0.15) is 0 Å². The monoisotopic (exact) mass is 207 g/mol. The van der Waals surface area contributed by atoms with Crippen molar-refractivity contribution in [2.75, 3.05) is 6.61 Å². The van der Waals surface area contributed by atoms with Crippen molar-refractivity contribution in [2.45, 2.75) is 25.4 Å². The van der Waals surface area contributed by atoms with Gasteiger partial charge in [0, 0.05) is 12.6 Å². The maximum absolute atomic E-state index is 11.5. The Morgan fingerprint density at radius 1 is 1.47 bits per heavy atom. The molecule has 0 aliphatic heterocycles. The molecule has 0 spiro atoms. The molecule has 0 aromatic carbocycles. The van der Waals surface area contributed by atoms with Crippen LogP contribution in [0.3, 0.4) is 0 Å². The van der Waals surface area contributed by atoms with Crippen LogP contribution >= 0.6 is 0 Å². The van der Waals surface area contributed by atoms with E-state index in [2.05, 4.69) is 4.98 Å². The lowest BCUT2D eigenvalue weighted by atomic mass is 9.89. The number of aromatic nitrogens is 1. The second kappa shape index (κ2) is 4.08. The van der Waals surface area contributed by atoms with Crippen molar-refractivity contribution in [1.82, 2.24) is 4.98 Å². The van der Waals surface area contributed by atoms with Crippen LogP contribution in [0.2, 0.25) is 0 Å². The zero-order valence-electron chi connectivity index (χ0n) is 8.31. The van der Waals surface area contributed by atoms with Gasteiger partial charge in [0.25, 0.3) is 0 Å². The van der Waals surface area contributed by atoms with Gasteiger partial charge in [-0.25, -0.2) is 0 Å². The fourth-order valence-corrected chi connectivity index (χ4v) is 1.97. The summed E-state index contributed by atoms with van der Waals surface area (Å²) in [4.78, 5) is 15.6. The molecule has 1 heterocycles. The predicted molar refractivity (Wildman–Crippen MR) is 53.6 cm³/mol. The van der Waals surface area contributed by atoms with Crippen molar-refractivity contribution >= 4 is 5.78 Å². The third kappa shape index (κ3) is 1.78. The Labute approximate surface area is 87.6 Å². The van der Waals surface area contributed by atoms with Crippen molar-refractivity contribution in [2.24, 2.45) is 0 Å². The summed E-state index contributed by atoms with van der Waals surface area (Å²) in [5.41, 5.74) is 1.90. The van der Waals surface area contributed by atoms with Gasteiger partial charge in [0.05, 0.1) is 6.61 Å². The van der Waals surface area contributed by atoms with Gasteiger partial charge < -0.3 is 10.2 Å². The molecule has 0 radical (unpaired) electrons. The van der Waals surface area contributed by atoms with Crippen LogP contribution in [0.25, 0.3) is 0 Å². The number of Topliss-reactive ketones (excluding diaryl/α,β-unsaturated/α-hetero) is 1. The highest BCUT2D eigenvalue weighted by Crippen LogP contribution is 2.26. The highest BCUT2D eigenvalue weighted by Gasteiger charge is 2.23. The molecule has 0 unspecified atom stereocenters. The molecule has 15 heavy (non-hydrogen) atoms. The quantitative estimate of drug-likeness (QED) is 0.746. The number of nitrogens with zero attached hydrogens (tertiary/aromatic N) is 1. The number of carbonyl (C=O) groups is 1. The summed E-state index contributed by atoms with van der Waals surface area (Å²) in [6.07, 6.45) is 2.67. The molecular formula is C11H13NO3. The molecule has 4 heteroatoms. The van der Waals surface area contributed by atoms with Gasteiger partial charge >= 0.3 is 0 Å². The minimum atomic E-state index is -0.910. The first-order valence-corrected chi connectivity index (χ1v) is 5.04. The Balaban J connectivity index is 2.49. The first kappa shape index (κ1) is 10.3. The summed E-state index contributed by atoms with van der Waals surface area (Å²) >= 11 is 0.